The van der Waals surface area contributed by atoms with Crippen LogP contribution in [0.5, 0.6) is 0 Å². The smallest absolute Gasteiger partial charge is 0.261 e. The molecule has 2 heterocycles. The van der Waals surface area contributed by atoms with E-state index in [1.54, 1.807) is 19.2 Å². The summed E-state index contributed by atoms with van der Waals surface area (Å²) in [4.78, 5) is 32.9. The van der Waals surface area contributed by atoms with Crippen LogP contribution in [-0.2, 0) is 11.8 Å². The first kappa shape index (κ1) is 15.7. The van der Waals surface area contributed by atoms with Gasteiger partial charge >= 0.3 is 0 Å². The second-order valence-electron chi connectivity index (χ2n) is 4.91. The van der Waals surface area contributed by atoms with Crippen molar-refractivity contribution in [3.63, 3.8) is 0 Å². The molecule has 1 N–H and O–H groups in total. The number of anilines is 1. The van der Waals surface area contributed by atoms with Gasteiger partial charge < -0.3 is 5.32 Å². The molecule has 0 atom stereocenters. The molecule has 0 aliphatic rings. The Morgan fingerprint density at radius 2 is 2.13 bits per heavy atom. The van der Waals surface area contributed by atoms with Crippen molar-refractivity contribution in [2.24, 2.45) is 7.05 Å². The van der Waals surface area contributed by atoms with E-state index in [9.17, 15) is 9.59 Å². The number of nitrogens with one attached hydrogen (secondary N) is 1. The van der Waals surface area contributed by atoms with Crippen LogP contribution >= 0.6 is 23.1 Å². The molecule has 1 aromatic carbocycles. The fourth-order valence-electron chi connectivity index (χ4n) is 2.02. The summed E-state index contributed by atoms with van der Waals surface area (Å²) in [6.45, 7) is 1.87. The lowest BCUT2D eigenvalue weighted by atomic mass is 10.2. The average Bonchev–Trinajstić information content (AvgIpc) is 2.94. The van der Waals surface area contributed by atoms with Crippen molar-refractivity contribution in [2.45, 2.75) is 12.1 Å². The van der Waals surface area contributed by atoms with Gasteiger partial charge in [-0.05, 0) is 19.1 Å². The van der Waals surface area contributed by atoms with Gasteiger partial charge in [0.1, 0.15) is 0 Å². The van der Waals surface area contributed by atoms with Crippen molar-refractivity contribution in [1.82, 2.24) is 14.5 Å². The highest BCUT2D eigenvalue weighted by atomic mass is 32.2. The number of carbonyl (C=O) groups is 1. The molecular formula is C15H14N4O2S2. The summed E-state index contributed by atoms with van der Waals surface area (Å²) >= 11 is 2.61. The normalized spacial score (nSPS) is 10.9. The van der Waals surface area contributed by atoms with Crippen LogP contribution in [0.25, 0.3) is 10.9 Å². The molecule has 0 aliphatic heterocycles. The van der Waals surface area contributed by atoms with E-state index >= 15 is 0 Å². The summed E-state index contributed by atoms with van der Waals surface area (Å²) in [5.41, 5.74) is 1.39. The predicted molar refractivity (Wildman–Crippen MR) is 93.2 cm³/mol. The van der Waals surface area contributed by atoms with E-state index in [4.69, 9.17) is 0 Å². The molecule has 0 aliphatic carbocycles. The van der Waals surface area contributed by atoms with Crippen LogP contribution < -0.4 is 10.9 Å². The zero-order valence-corrected chi connectivity index (χ0v) is 14.2. The van der Waals surface area contributed by atoms with E-state index in [1.807, 2.05) is 24.4 Å². The van der Waals surface area contributed by atoms with Crippen LogP contribution in [0.1, 0.15) is 5.69 Å². The molecule has 0 saturated heterocycles. The van der Waals surface area contributed by atoms with Crippen LogP contribution in [-0.4, -0.2) is 26.2 Å². The molecule has 2 aromatic heterocycles. The number of carbonyl (C=O) groups excluding carboxylic acids is 1. The van der Waals surface area contributed by atoms with E-state index in [0.29, 0.717) is 21.2 Å². The van der Waals surface area contributed by atoms with Crippen LogP contribution in [0.15, 0.2) is 39.6 Å². The summed E-state index contributed by atoms with van der Waals surface area (Å²) in [5.74, 6) is -0.0104. The summed E-state index contributed by atoms with van der Waals surface area (Å²) in [6.07, 6.45) is 0. The summed E-state index contributed by atoms with van der Waals surface area (Å²) < 4.78 is 1.47. The van der Waals surface area contributed by atoms with E-state index in [2.05, 4.69) is 15.3 Å². The molecule has 3 aromatic rings. The van der Waals surface area contributed by atoms with E-state index in [0.717, 1.165) is 5.69 Å². The number of hydrogen-bond donors (Lipinski definition) is 1. The van der Waals surface area contributed by atoms with E-state index < -0.39 is 0 Å². The van der Waals surface area contributed by atoms with Gasteiger partial charge in [-0.3, -0.25) is 14.2 Å². The molecule has 0 bridgehead atoms. The van der Waals surface area contributed by atoms with Gasteiger partial charge in [-0.1, -0.05) is 23.9 Å². The number of thiazole rings is 1. The van der Waals surface area contributed by atoms with Gasteiger partial charge in [0.2, 0.25) is 5.91 Å². The molecular weight excluding hydrogens is 332 g/mol. The largest absolute Gasteiger partial charge is 0.301 e. The van der Waals surface area contributed by atoms with E-state index in [1.165, 1.54) is 27.7 Å². The number of amides is 1. The van der Waals surface area contributed by atoms with Crippen LogP contribution in [0.3, 0.4) is 0 Å². The molecule has 3 rings (SSSR count). The highest BCUT2D eigenvalue weighted by Gasteiger charge is 2.11. The maximum atomic E-state index is 12.3. The number of aryl methyl sites for hydroxylation is 1. The molecule has 23 heavy (non-hydrogen) atoms. The maximum Gasteiger partial charge on any atom is 0.261 e. The minimum atomic E-state index is -0.174. The Balaban J connectivity index is 1.75. The van der Waals surface area contributed by atoms with Gasteiger partial charge in [-0.2, -0.15) is 0 Å². The molecule has 0 spiro atoms. The van der Waals surface area contributed by atoms with Crippen molar-refractivity contribution in [3.8, 4) is 0 Å². The number of hydrogen-bond acceptors (Lipinski definition) is 6. The van der Waals surface area contributed by atoms with Gasteiger partial charge in [0.15, 0.2) is 10.3 Å². The molecule has 118 valence electrons. The number of benzene rings is 1. The lowest BCUT2D eigenvalue weighted by Crippen LogP contribution is -2.21. The average molecular weight is 346 g/mol. The van der Waals surface area contributed by atoms with Crippen molar-refractivity contribution >= 4 is 45.0 Å². The topological polar surface area (TPSA) is 76.9 Å². The first-order valence-corrected chi connectivity index (χ1v) is 8.71. The summed E-state index contributed by atoms with van der Waals surface area (Å²) in [5, 5.41) is 6.27. The minimum absolute atomic E-state index is 0.117. The number of para-hydroxylation sites is 1. The number of nitrogens with zero attached hydrogens (tertiary/aromatic N) is 3. The van der Waals surface area contributed by atoms with Gasteiger partial charge in [-0.15, -0.1) is 11.3 Å². The van der Waals surface area contributed by atoms with Crippen molar-refractivity contribution in [3.05, 3.63) is 45.7 Å². The number of rotatable bonds is 4. The zero-order valence-electron chi connectivity index (χ0n) is 12.6. The Hall–Kier alpha value is -2.19. The highest BCUT2D eigenvalue weighted by Crippen LogP contribution is 2.18. The third kappa shape index (κ3) is 3.43. The van der Waals surface area contributed by atoms with Gasteiger partial charge in [-0.25, -0.2) is 9.97 Å². The van der Waals surface area contributed by atoms with Crippen LogP contribution in [0.4, 0.5) is 5.13 Å². The van der Waals surface area contributed by atoms with Crippen molar-refractivity contribution in [2.75, 3.05) is 11.1 Å². The first-order valence-electron chi connectivity index (χ1n) is 6.85. The number of fused-ring (bicyclic) bond motifs is 1. The van der Waals surface area contributed by atoms with Gasteiger partial charge in [0, 0.05) is 12.4 Å². The Morgan fingerprint density at radius 3 is 2.87 bits per heavy atom. The number of thioether (sulfide) groups is 1. The van der Waals surface area contributed by atoms with Gasteiger partial charge in [0.05, 0.1) is 22.3 Å². The van der Waals surface area contributed by atoms with Crippen LogP contribution in [0, 0.1) is 6.92 Å². The van der Waals surface area contributed by atoms with E-state index in [-0.39, 0.29) is 17.2 Å². The van der Waals surface area contributed by atoms with Crippen molar-refractivity contribution in [1.29, 1.82) is 0 Å². The SMILES string of the molecule is Cc1csc(NC(=O)CSc2nc3ccccc3c(=O)n2C)n1. The molecule has 6 nitrogen and oxygen atoms in total. The summed E-state index contributed by atoms with van der Waals surface area (Å²) in [6, 6.07) is 7.18. The molecule has 1 amide bonds. The second-order valence-corrected chi connectivity index (χ2v) is 6.71. The molecule has 0 fully saturated rings. The summed E-state index contributed by atoms with van der Waals surface area (Å²) in [7, 11) is 1.66. The highest BCUT2D eigenvalue weighted by molar-refractivity contribution is 7.99. The minimum Gasteiger partial charge on any atom is -0.301 e. The third-order valence-corrected chi connectivity index (χ3v) is 5.05. The second kappa shape index (κ2) is 6.51. The fourth-order valence-corrected chi connectivity index (χ4v) is 3.50. The quantitative estimate of drug-likeness (QED) is 0.580. The molecule has 0 radical (unpaired) electrons. The lowest BCUT2D eigenvalue weighted by molar-refractivity contribution is -0.113. The maximum absolute atomic E-state index is 12.3. The molecule has 0 saturated carbocycles. The molecule has 0 unspecified atom stereocenters. The standard InChI is InChI=1S/C15H14N4O2S2/c1-9-7-22-14(16-9)18-12(20)8-23-15-17-11-6-4-3-5-10(11)13(21)19(15)2/h3-7H,8H2,1-2H3,(H,16,18,20). The lowest BCUT2D eigenvalue weighted by Gasteiger charge is -2.08. The monoisotopic (exact) mass is 346 g/mol. The third-order valence-electron chi connectivity index (χ3n) is 3.14. The first-order chi connectivity index (χ1) is 11.0. The van der Waals surface area contributed by atoms with Crippen LogP contribution in [0.2, 0.25) is 0 Å². The zero-order chi connectivity index (χ0) is 16.4. The number of aromatic nitrogens is 3. The molecule has 8 heteroatoms. The Bertz CT molecular complexity index is 933. The Kier molecular flexibility index (Phi) is 4.44. The Labute approximate surface area is 140 Å². The predicted octanol–water partition coefficient (Wildman–Crippen LogP) is 2.43. The van der Waals surface area contributed by atoms with Gasteiger partial charge in [0.25, 0.3) is 5.56 Å². The fraction of sp³-hybridized carbons (Fsp3) is 0.200. The van der Waals surface area contributed by atoms with Crippen molar-refractivity contribution < 1.29 is 4.79 Å². The Morgan fingerprint density at radius 1 is 1.35 bits per heavy atom.